The molecule has 7 heteroatoms. The number of H-pyrrole nitrogens is 1. The number of alkyl halides is 3. The number of aromatic amines is 1. The van der Waals surface area contributed by atoms with Crippen molar-refractivity contribution in [2.24, 2.45) is 5.92 Å². The summed E-state index contributed by atoms with van der Waals surface area (Å²) < 4.78 is 46.0. The van der Waals surface area contributed by atoms with Crippen LogP contribution in [0.3, 0.4) is 0 Å². The lowest BCUT2D eigenvalue weighted by molar-refractivity contribution is -0.137. The largest absolute Gasteiger partial charge is 0.494 e. The van der Waals surface area contributed by atoms with Crippen molar-refractivity contribution in [2.45, 2.75) is 59.2 Å². The van der Waals surface area contributed by atoms with E-state index in [1.54, 1.807) is 12.3 Å². The number of ether oxygens (including phenoxy) is 1. The Morgan fingerprint density at radius 1 is 1.17 bits per heavy atom. The number of aromatic nitrogens is 2. The number of benzene rings is 1. The highest BCUT2D eigenvalue weighted by Gasteiger charge is 2.32. The molecule has 1 heterocycles. The fraction of sp³-hybridized carbons (Fsp3) is 0.591. The predicted octanol–water partition coefficient (Wildman–Crippen LogP) is 6.14. The third-order valence-corrected chi connectivity index (χ3v) is 4.77. The number of hydrogen-bond donors (Lipinski definition) is 1. The maximum atomic E-state index is 13.4. The first-order valence-electron chi connectivity index (χ1n) is 10.3. The highest BCUT2D eigenvalue weighted by atomic mass is 19.4. The zero-order valence-electron chi connectivity index (χ0n) is 17.8. The summed E-state index contributed by atoms with van der Waals surface area (Å²) in [6.07, 6.45) is 1.18. The van der Waals surface area contributed by atoms with Crippen molar-refractivity contribution in [2.75, 3.05) is 20.2 Å². The average Bonchev–Trinajstić information content (AvgIpc) is 3.10. The molecule has 162 valence electrons. The SMILES string of the molecule is CCCCN(C)Cc1cn[nH]c1-c1cc(OCCCC(C)C)cc(C(F)(F)F)c1. The number of unbranched alkanes of at least 4 members (excludes halogenated alkanes) is 1. The molecule has 29 heavy (non-hydrogen) atoms. The second-order valence-electron chi connectivity index (χ2n) is 7.99. The molecule has 0 fully saturated rings. The van der Waals surface area contributed by atoms with Gasteiger partial charge in [0.25, 0.3) is 0 Å². The Morgan fingerprint density at radius 3 is 2.59 bits per heavy atom. The first kappa shape index (κ1) is 23.3. The van der Waals surface area contributed by atoms with E-state index in [1.807, 2.05) is 7.05 Å². The van der Waals surface area contributed by atoms with E-state index in [9.17, 15) is 13.2 Å². The molecule has 0 aliphatic carbocycles. The van der Waals surface area contributed by atoms with Crippen LogP contribution in [0, 0.1) is 5.92 Å². The van der Waals surface area contributed by atoms with E-state index in [2.05, 4.69) is 35.9 Å². The Balaban J connectivity index is 2.25. The first-order chi connectivity index (χ1) is 13.7. The maximum Gasteiger partial charge on any atom is 0.416 e. The molecule has 0 saturated heterocycles. The summed E-state index contributed by atoms with van der Waals surface area (Å²) in [6, 6.07) is 3.89. The van der Waals surface area contributed by atoms with Crippen molar-refractivity contribution in [1.29, 1.82) is 0 Å². The molecule has 4 nitrogen and oxygen atoms in total. The van der Waals surface area contributed by atoms with Gasteiger partial charge in [-0.1, -0.05) is 27.2 Å². The van der Waals surface area contributed by atoms with Crippen LogP contribution in [0.5, 0.6) is 5.75 Å². The van der Waals surface area contributed by atoms with Gasteiger partial charge in [-0.2, -0.15) is 18.3 Å². The predicted molar refractivity (Wildman–Crippen MR) is 110 cm³/mol. The molecule has 0 bridgehead atoms. The third kappa shape index (κ3) is 7.38. The number of hydrogen-bond acceptors (Lipinski definition) is 3. The third-order valence-electron chi connectivity index (χ3n) is 4.77. The van der Waals surface area contributed by atoms with Gasteiger partial charge in [-0.25, -0.2) is 0 Å². The van der Waals surface area contributed by atoms with Crippen molar-refractivity contribution < 1.29 is 17.9 Å². The molecule has 1 N–H and O–H groups in total. The maximum absolute atomic E-state index is 13.4. The van der Waals surface area contributed by atoms with Crippen LogP contribution >= 0.6 is 0 Å². The average molecular weight is 412 g/mol. The van der Waals surface area contributed by atoms with Crippen LogP contribution in [-0.2, 0) is 12.7 Å². The van der Waals surface area contributed by atoms with Crippen LogP contribution in [0.25, 0.3) is 11.3 Å². The van der Waals surface area contributed by atoms with E-state index in [0.29, 0.717) is 30.3 Å². The summed E-state index contributed by atoms with van der Waals surface area (Å²) in [5.74, 6) is 0.770. The van der Waals surface area contributed by atoms with Gasteiger partial charge in [0.1, 0.15) is 5.75 Å². The van der Waals surface area contributed by atoms with Gasteiger partial charge in [-0.05, 0) is 57.0 Å². The summed E-state index contributed by atoms with van der Waals surface area (Å²) in [5.41, 5.74) is 1.20. The highest BCUT2D eigenvalue weighted by molar-refractivity contribution is 5.65. The Morgan fingerprint density at radius 2 is 1.93 bits per heavy atom. The smallest absolute Gasteiger partial charge is 0.416 e. The van der Waals surface area contributed by atoms with E-state index >= 15 is 0 Å². The summed E-state index contributed by atoms with van der Waals surface area (Å²) in [6.45, 7) is 8.29. The Labute approximate surface area is 171 Å². The molecule has 0 atom stereocenters. The Bertz CT molecular complexity index is 756. The lowest BCUT2D eigenvalue weighted by atomic mass is 10.0. The van der Waals surface area contributed by atoms with E-state index in [4.69, 9.17) is 4.74 Å². The second kappa shape index (κ2) is 10.7. The molecular formula is C22H32F3N3O. The molecule has 0 saturated carbocycles. The van der Waals surface area contributed by atoms with Gasteiger partial charge in [0.15, 0.2) is 0 Å². The van der Waals surface area contributed by atoms with Crippen LogP contribution in [0.15, 0.2) is 24.4 Å². The summed E-state index contributed by atoms with van der Waals surface area (Å²) in [7, 11) is 2.00. The normalized spacial score (nSPS) is 12.2. The Hall–Kier alpha value is -2.02. The molecule has 1 aromatic heterocycles. The minimum absolute atomic E-state index is 0.235. The van der Waals surface area contributed by atoms with Crippen LogP contribution < -0.4 is 4.74 Å². The van der Waals surface area contributed by atoms with Crippen molar-refractivity contribution in [1.82, 2.24) is 15.1 Å². The summed E-state index contributed by atoms with van der Waals surface area (Å²) in [4.78, 5) is 2.15. The van der Waals surface area contributed by atoms with Gasteiger partial charge in [0.2, 0.25) is 0 Å². The molecule has 0 aliphatic heterocycles. The minimum Gasteiger partial charge on any atom is -0.494 e. The summed E-state index contributed by atoms with van der Waals surface area (Å²) >= 11 is 0. The molecule has 0 unspecified atom stereocenters. The van der Waals surface area contributed by atoms with Gasteiger partial charge >= 0.3 is 6.18 Å². The van der Waals surface area contributed by atoms with Crippen molar-refractivity contribution in [3.05, 3.63) is 35.5 Å². The van der Waals surface area contributed by atoms with E-state index in [1.165, 1.54) is 0 Å². The number of halogens is 3. The van der Waals surface area contributed by atoms with Crippen molar-refractivity contribution in [3.8, 4) is 17.0 Å². The van der Waals surface area contributed by atoms with Gasteiger partial charge in [-0.15, -0.1) is 0 Å². The fourth-order valence-electron chi connectivity index (χ4n) is 3.15. The highest BCUT2D eigenvalue weighted by Crippen LogP contribution is 2.36. The van der Waals surface area contributed by atoms with Crippen LogP contribution in [0.4, 0.5) is 13.2 Å². The van der Waals surface area contributed by atoms with Gasteiger partial charge in [0.05, 0.1) is 24.1 Å². The topological polar surface area (TPSA) is 41.2 Å². The zero-order chi connectivity index (χ0) is 21.4. The lowest BCUT2D eigenvalue weighted by Crippen LogP contribution is -2.19. The Kier molecular flexibility index (Phi) is 8.56. The first-order valence-corrected chi connectivity index (χ1v) is 10.3. The molecule has 1 aromatic carbocycles. The quantitative estimate of drug-likeness (QED) is 0.451. The monoisotopic (exact) mass is 411 g/mol. The van der Waals surface area contributed by atoms with Crippen LogP contribution in [0.1, 0.15) is 57.6 Å². The molecule has 0 aliphatic rings. The van der Waals surface area contributed by atoms with E-state index < -0.39 is 11.7 Å². The molecule has 0 radical (unpaired) electrons. The van der Waals surface area contributed by atoms with Crippen LogP contribution in [0.2, 0.25) is 0 Å². The number of nitrogens with zero attached hydrogens (tertiary/aromatic N) is 2. The zero-order valence-corrected chi connectivity index (χ0v) is 17.8. The van der Waals surface area contributed by atoms with Gasteiger partial charge < -0.3 is 9.64 Å². The molecule has 0 amide bonds. The standard InChI is InChI=1S/C22H32F3N3O/c1-5-6-9-28(4)15-18-14-26-27-21(18)17-11-19(22(23,24)25)13-20(12-17)29-10-7-8-16(2)3/h11-14,16H,5-10,15H2,1-4H3,(H,26,27). The summed E-state index contributed by atoms with van der Waals surface area (Å²) in [5, 5.41) is 6.95. The molecular weight excluding hydrogens is 379 g/mol. The molecule has 0 spiro atoms. The van der Waals surface area contributed by atoms with Crippen LogP contribution in [-0.4, -0.2) is 35.3 Å². The number of nitrogens with one attached hydrogen (secondary N) is 1. The van der Waals surface area contributed by atoms with Crippen molar-refractivity contribution in [3.63, 3.8) is 0 Å². The number of rotatable bonds is 11. The minimum atomic E-state index is -4.44. The molecule has 2 aromatic rings. The molecule has 2 rings (SSSR count). The van der Waals surface area contributed by atoms with Gasteiger partial charge in [0, 0.05) is 17.7 Å². The lowest BCUT2D eigenvalue weighted by Gasteiger charge is -2.17. The second-order valence-corrected chi connectivity index (χ2v) is 7.99. The fourth-order valence-corrected chi connectivity index (χ4v) is 3.15. The van der Waals surface area contributed by atoms with E-state index in [-0.39, 0.29) is 5.75 Å². The van der Waals surface area contributed by atoms with Crippen molar-refractivity contribution >= 4 is 0 Å². The van der Waals surface area contributed by atoms with E-state index in [0.717, 1.165) is 49.9 Å². The van der Waals surface area contributed by atoms with Gasteiger partial charge in [-0.3, -0.25) is 5.10 Å².